The fourth-order valence-corrected chi connectivity index (χ4v) is 3.31. The van der Waals surface area contributed by atoms with Gasteiger partial charge in [0.15, 0.2) is 0 Å². The molecule has 1 aromatic rings. The summed E-state index contributed by atoms with van der Waals surface area (Å²) < 4.78 is 36.1. The van der Waals surface area contributed by atoms with Crippen molar-refractivity contribution in [3.63, 3.8) is 0 Å². The Morgan fingerprint density at radius 1 is 1.47 bits per heavy atom. The Bertz CT molecular complexity index is 656. The molecule has 8 heteroatoms. The second-order valence-corrected chi connectivity index (χ2v) is 7.15. The summed E-state index contributed by atoms with van der Waals surface area (Å²) in [7, 11) is -4.11. The van der Waals surface area contributed by atoms with Crippen LogP contribution in [0.4, 0.5) is 4.39 Å². The third kappa shape index (κ3) is 3.13. The molecule has 1 aromatic carbocycles. The van der Waals surface area contributed by atoms with E-state index in [2.05, 4.69) is 21.2 Å². The molecule has 1 saturated carbocycles. The smallest absolute Gasteiger partial charge is 0.252 e. The van der Waals surface area contributed by atoms with Crippen molar-refractivity contribution in [3.05, 3.63) is 28.0 Å². The van der Waals surface area contributed by atoms with Crippen molar-refractivity contribution in [2.45, 2.75) is 30.2 Å². The monoisotopic (exact) mass is 350 g/mol. The molecule has 5 nitrogen and oxygen atoms in total. The van der Waals surface area contributed by atoms with Crippen LogP contribution in [0, 0.1) is 5.82 Å². The Morgan fingerprint density at radius 3 is 2.53 bits per heavy atom. The van der Waals surface area contributed by atoms with Crippen molar-refractivity contribution in [3.8, 4) is 0 Å². The van der Waals surface area contributed by atoms with Gasteiger partial charge in [-0.25, -0.2) is 17.9 Å². The maximum atomic E-state index is 13.4. The third-order valence-corrected chi connectivity index (χ3v) is 5.02. The molecule has 0 radical (unpaired) electrons. The van der Waals surface area contributed by atoms with Crippen LogP contribution in [0.3, 0.4) is 0 Å². The van der Waals surface area contributed by atoms with E-state index >= 15 is 0 Å². The molecular weight excluding hydrogens is 339 g/mol. The van der Waals surface area contributed by atoms with Gasteiger partial charge in [0.1, 0.15) is 5.82 Å². The van der Waals surface area contributed by atoms with Gasteiger partial charge in [-0.15, -0.1) is 0 Å². The largest absolute Gasteiger partial charge is 0.347 e. The van der Waals surface area contributed by atoms with Gasteiger partial charge in [-0.2, -0.15) is 0 Å². The minimum Gasteiger partial charge on any atom is -0.347 e. The number of carbonyl (C=O) groups is 1. The van der Waals surface area contributed by atoms with Crippen molar-refractivity contribution in [2.75, 3.05) is 0 Å². The molecule has 0 saturated heterocycles. The molecule has 2 rings (SSSR count). The van der Waals surface area contributed by atoms with E-state index in [1.54, 1.807) is 0 Å². The zero-order valence-electron chi connectivity index (χ0n) is 10.0. The Balaban J connectivity index is 2.46. The summed E-state index contributed by atoms with van der Waals surface area (Å²) in [6.45, 7) is 1.86. The minimum atomic E-state index is -4.11. The summed E-state index contributed by atoms with van der Waals surface area (Å²) in [4.78, 5) is 11.6. The van der Waals surface area contributed by atoms with Gasteiger partial charge in [-0.1, -0.05) is 0 Å². The number of hydrogen-bond donors (Lipinski definition) is 2. The first-order valence-electron chi connectivity index (χ1n) is 5.47. The maximum absolute atomic E-state index is 13.4. The van der Waals surface area contributed by atoms with E-state index in [0.717, 1.165) is 25.0 Å². The van der Waals surface area contributed by atoms with Crippen molar-refractivity contribution >= 4 is 31.9 Å². The second-order valence-electron chi connectivity index (χ2n) is 4.83. The number of sulfonamides is 1. The van der Waals surface area contributed by atoms with Crippen molar-refractivity contribution in [1.29, 1.82) is 0 Å². The lowest BCUT2D eigenvalue weighted by molar-refractivity contribution is 0.0934. The number of rotatable bonds is 3. The van der Waals surface area contributed by atoms with Crippen molar-refractivity contribution in [1.82, 2.24) is 5.32 Å². The molecule has 0 unspecified atom stereocenters. The molecule has 1 aliphatic carbocycles. The average molecular weight is 351 g/mol. The SMILES string of the molecule is CC1(NC(=O)c2cc(F)cc(S(N)(=O)=O)c2Br)CC1. The van der Waals surface area contributed by atoms with E-state index in [1.807, 2.05) is 6.92 Å². The van der Waals surface area contributed by atoms with E-state index in [9.17, 15) is 17.6 Å². The number of benzene rings is 1. The van der Waals surface area contributed by atoms with Crippen LogP contribution in [0.25, 0.3) is 0 Å². The molecule has 0 spiro atoms. The number of carbonyl (C=O) groups excluding carboxylic acids is 1. The lowest BCUT2D eigenvalue weighted by atomic mass is 10.2. The Labute approximate surface area is 118 Å². The predicted octanol–water partition coefficient (Wildman–Crippen LogP) is 1.52. The van der Waals surface area contributed by atoms with Crippen LogP contribution in [-0.2, 0) is 10.0 Å². The lowest BCUT2D eigenvalue weighted by Gasteiger charge is -2.14. The van der Waals surface area contributed by atoms with E-state index in [4.69, 9.17) is 5.14 Å². The first-order chi connectivity index (χ1) is 8.62. The molecule has 0 atom stereocenters. The Kier molecular flexibility index (Phi) is 3.44. The van der Waals surface area contributed by atoms with Gasteiger partial charge in [0.2, 0.25) is 10.0 Å². The first-order valence-corrected chi connectivity index (χ1v) is 7.81. The summed E-state index contributed by atoms with van der Waals surface area (Å²) in [5.41, 5.74) is -0.373. The van der Waals surface area contributed by atoms with Crippen LogP contribution >= 0.6 is 15.9 Å². The highest BCUT2D eigenvalue weighted by Crippen LogP contribution is 2.35. The Hall–Kier alpha value is -0.990. The van der Waals surface area contributed by atoms with Crippen molar-refractivity contribution in [2.24, 2.45) is 5.14 Å². The number of amides is 1. The summed E-state index contributed by atoms with van der Waals surface area (Å²) in [6, 6.07) is 1.74. The fraction of sp³-hybridized carbons (Fsp3) is 0.364. The van der Waals surface area contributed by atoms with Gasteiger partial charge in [0.05, 0.1) is 14.9 Å². The molecule has 104 valence electrons. The zero-order valence-corrected chi connectivity index (χ0v) is 12.4. The van der Waals surface area contributed by atoms with E-state index in [1.165, 1.54) is 0 Å². The van der Waals surface area contributed by atoms with E-state index < -0.39 is 26.6 Å². The predicted molar refractivity (Wildman–Crippen MR) is 70.6 cm³/mol. The van der Waals surface area contributed by atoms with Gasteiger partial charge >= 0.3 is 0 Å². The van der Waals surface area contributed by atoms with Gasteiger partial charge in [-0.3, -0.25) is 4.79 Å². The van der Waals surface area contributed by atoms with Gasteiger partial charge in [0, 0.05) is 5.54 Å². The summed E-state index contributed by atoms with van der Waals surface area (Å²) in [5.74, 6) is -1.37. The van der Waals surface area contributed by atoms with Crippen LogP contribution in [0.2, 0.25) is 0 Å². The summed E-state index contributed by atoms with van der Waals surface area (Å²) in [5, 5.41) is 7.70. The summed E-state index contributed by atoms with van der Waals surface area (Å²) >= 11 is 2.99. The zero-order chi connectivity index (χ0) is 14.4. The highest BCUT2D eigenvalue weighted by atomic mass is 79.9. The highest BCUT2D eigenvalue weighted by Gasteiger charge is 2.39. The second kappa shape index (κ2) is 4.53. The molecule has 1 aliphatic rings. The van der Waals surface area contributed by atoms with Gasteiger partial charge in [0.25, 0.3) is 5.91 Å². The fourth-order valence-electron chi connectivity index (χ4n) is 1.59. The van der Waals surface area contributed by atoms with Crippen LogP contribution in [-0.4, -0.2) is 19.9 Å². The molecule has 0 aromatic heterocycles. The van der Waals surface area contributed by atoms with Crippen LogP contribution < -0.4 is 10.5 Å². The average Bonchev–Trinajstić information content (AvgIpc) is 2.97. The van der Waals surface area contributed by atoms with Gasteiger partial charge in [-0.05, 0) is 47.8 Å². The minimum absolute atomic E-state index is 0.0295. The molecule has 0 heterocycles. The molecule has 1 amide bonds. The molecule has 3 N–H and O–H groups in total. The quantitative estimate of drug-likeness (QED) is 0.865. The van der Waals surface area contributed by atoms with Crippen LogP contribution in [0.5, 0.6) is 0 Å². The Morgan fingerprint density at radius 2 is 2.05 bits per heavy atom. The summed E-state index contributed by atoms with van der Waals surface area (Å²) in [6.07, 6.45) is 1.68. The molecular formula is C11H12BrFN2O3S. The molecule has 1 fully saturated rings. The normalized spacial score (nSPS) is 17.1. The standard InChI is InChI=1S/C11H12BrFN2O3S/c1-11(2-3-11)15-10(16)7-4-6(13)5-8(9(7)12)19(14,17)18/h4-5H,2-3H2,1H3,(H,15,16)(H2,14,17,18). The first kappa shape index (κ1) is 14.4. The van der Waals surface area contributed by atoms with E-state index in [0.29, 0.717) is 0 Å². The highest BCUT2D eigenvalue weighted by molar-refractivity contribution is 9.10. The number of primary sulfonamides is 1. The number of nitrogens with one attached hydrogen (secondary N) is 1. The topological polar surface area (TPSA) is 89.3 Å². The number of hydrogen-bond acceptors (Lipinski definition) is 3. The van der Waals surface area contributed by atoms with Crippen LogP contribution in [0.15, 0.2) is 21.5 Å². The molecule has 19 heavy (non-hydrogen) atoms. The molecule has 0 aliphatic heterocycles. The van der Waals surface area contributed by atoms with Gasteiger partial charge < -0.3 is 5.32 Å². The van der Waals surface area contributed by atoms with Crippen molar-refractivity contribution < 1.29 is 17.6 Å². The number of nitrogens with two attached hydrogens (primary N) is 1. The lowest BCUT2D eigenvalue weighted by Crippen LogP contribution is -2.34. The number of halogens is 2. The van der Waals surface area contributed by atoms with Crippen LogP contribution in [0.1, 0.15) is 30.1 Å². The maximum Gasteiger partial charge on any atom is 0.252 e. The van der Waals surface area contributed by atoms with E-state index in [-0.39, 0.29) is 15.6 Å². The third-order valence-electron chi connectivity index (χ3n) is 2.97. The molecule has 0 bridgehead atoms.